The lowest BCUT2D eigenvalue weighted by molar-refractivity contribution is -0.384. The van der Waals surface area contributed by atoms with E-state index >= 15 is 0 Å². The number of carbonyl (C=O) groups is 3. The monoisotopic (exact) mass is 420 g/mol. The summed E-state index contributed by atoms with van der Waals surface area (Å²) in [5.41, 5.74) is 0.249. The minimum Gasteiger partial charge on any atom is -0.452 e. The highest BCUT2D eigenvalue weighted by Gasteiger charge is 2.25. The molecule has 1 atom stereocenters. The van der Waals surface area contributed by atoms with Gasteiger partial charge < -0.3 is 15.0 Å². The topological polar surface area (TPSA) is 131 Å². The highest BCUT2D eigenvalue weighted by Crippen LogP contribution is 2.32. The molecule has 2 rings (SSSR count). The van der Waals surface area contributed by atoms with Crippen LogP contribution in [0.3, 0.4) is 0 Å². The first kappa shape index (κ1) is 23.1. The second kappa shape index (κ2) is 11.1. The fraction of sp³-hybridized carbons (Fsp3) is 0.550. The van der Waals surface area contributed by atoms with E-state index in [2.05, 4.69) is 17.6 Å². The number of hydrogen-bond acceptors (Lipinski definition) is 7. The Morgan fingerprint density at radius 3 is 2.77 bits per heavy atom. The van der Waals surface area contributed by atoms with Gasteiger partial charge in [0, 0.05) is 25.7 Å². The first-order chi connectivity index (χ1) is 14.3. The van der Waals surface area contributed by atoms with Gasteiger partial charge >= 0.3 is 12.0 Å². The Hall–Kier alpha value is -3.17. The van der Waals surface area contributed by atoms with Crippen LogP contribution in [0.25, 0.3) is 0 Å². The molecule has 1 aliphatic heterocycles. The number of nitrogens with zero attached hydrogens (tertiary/aromatic N) is 2. The zero-order valence-corrected chi connectivity index (χ0v) is 17.3. The van der Waals surface area contributed by atoms with Gasteiger partial charge in [0.05, 0.1) is 10.5 Å². The van der Waals surface area contributed by atoms with Crippen LogP contribution in [0.2, 0.25) is 0 Å². The van der Waals surface area contributed by atoms with Crippen LogP contribution in [0.15, 0.2) is 18.2 Å². The quantitative estimate of drug-likeness (QED) is 0.286. The number of ether oxygens (including phenoxy) is 1. The van der Waals surface area contributed by atoms with Crippen molar-refractivity contribution in [2.24, 2.45) is 5.92 Å². The summed E-state index contributed by atoms with van der Waals surface area (Å²) in [4.78, 5) is 48.4. The highest BCUT2D eigenvalue weighted by molar-refractivity contribution is 5.97. The molecule has 1 heterocycles. The van der Waals surface area contributed by atoms with Crippen molar-refractivity contribution in [2.75, 3.05) is 31.1 Å². The molecule has 1 aromatic carbocycles. The van der Waals surface area contributed by atoms with Crippen molar-refractivity contribution in [3.05, 3.63) is 33.9 Å². The molecular formula is C20H28N4O6. The van der Waals surface area contributed by atoms with Crippen LogP contribution in [0.4, 0.5) is 16.2 Å². The van der Waals surface area contributed by atoms with Crippen molar-refractivity contribution in [3.63, 3.8) is 0 Å². The number of nitro benzene ring substituents is 1. The van der Waals surface area contributed by atoms with Crippen LogP contribution in [0.1, 0.15) is 49.9 Å². The van der Waals surface area contributed by atoms with E-state index in [0.29, 0.717) is 24.7 Å². The van der Waals surface area contributed by atoms with Crippen molar-refractivity contribution >= 4 is 29.3 Å². The standard InChI is InChI=1S/C20H28N4O6/c1-3-4-9-21-20(27)22-18(25)13-30-19(26)15-7-8-16(17(11-15)24(28)29)23-10-5-6-14(2)12-23/h7-8,11,14H,3-6,9-10,12-13H2,1-2H3,(H2,21,22,25,27). The fourth-order valence-electron chi connectivity index (χ4n) is 3.27. The Bertz CT molecular complexity index is 798. The first-order valence-corrected chi connectivity index (χ1v) is 10.1. The van der Waals surface area contributed by atoms with E-state index in [1.165, 1.54) is 12.1 Å². The average Bonchev–Trinajstić information content (AvgIpc) is 2.71. The first-order valence-electron chi connectivity index (χ1n) is 10.1. The van der Waals surface area contributed by atoms with Crippen molar-refractivity contribution in [1.82, 2.24) is 10.6 Å². The molecule has 1 saturated heterocycles. The molecule has 164 valence electrons. The van der Waals surface area contributed by atoms with Gasteiger partial charge in [-0.25, -0.2) is 9.59 Å². The summed E-state index contributed by atoms with van der Waals surface area (Å²) < 4.78 is 4.89. The van der Waals surface area contributed by atoms with Gasteiger partial charge in [-0.05, 0) is 37.3 Å². The molecule has 2 N–H and O–H groups in total. The van der Waals surface area contributed by atoms with Gasteiger partial charge in [-0.3, -0.25) is 20.2 Å². The number of unbranched alkanes of at least 4 members (excludes halogenated alkanes) is 1. The number of benzene rings is 1. The SMILES string of the molecule is CCCCNC(=O)NC(=O)COC(=O)c1ccc(N2CCCC(C)C2)c([N+](=O)[O-])c1. The number of rotatable bonds is 8. The summed E-state index contributed by atoms with van der Waals surface area (Å²) in [5, 5.41) is 16.1. The normalized spacial score (nSPS) is 15.9. The third-order valence-electron chi connectivity index (χ3n) is 4.81. The highest BCUT2D eigenvalue weighted by atomic mass is 16.6. The summed E-state index contributed by atoms with van der Waals surface area (Å²) in [5.74, 6) is -1.23. The Balaban J connectivity index is 1.97. The lowest BCUT2D eigenvalue weighted by Gasteiger charge is -2.32. The largest absolute Gasteiger partial charge is 0.452 e. The number of piperidine rings is 1. The molecule has 1 fully saturated rings. The molecule has 10 nitrogen and oxygen atoms in total. The van der Waals surface area contributed by atoms with Gasteiger partial charge in [-0.2, -0.15) is 0 Å². The number of hydrogen-bond donors (Lipinski definition) is 2. The number of nitro groups is 1. The fourth-order valence-corrected chi connectivity index (χ4v) is 3.27. The third-order valence-corrected chi connectivity index (χ3v) is 4.81. The maximum Gasteiger partial charge on any atom is 0.338 e. The number of amides is 3. The lowest BCUT2D eigenvalue weighted by atomic mass is 9.99. The van der Waals surface area contributed by atoms with Gasteiger partial charge in [-0.15, -0.1) is 0 Å². The molecule has 1 aliphatic rings. The Kier molecular flexibility index (Phi) is 8.57. The molecule has 10 heteroatoms. The molecule has 0 saturated carbocycles. The van der Waals surface area contributed by atoms with E-state index < -0.39 is 29.4 Å². The van der Waals surface area contributed by atoms with E-state index in [-0.39, 0.29) is 11.3 Å². The van der Waals surface area contributed by atoms with Gasteiger partial charge in [0.25, 0.3) is 11.6 Å². The van der Waals surface area contributed by atoms with E-state index in [9.17, 15) is 24.5 Å². The molecule has 0 spiro atoms. The van der Waals surface area contributed by atoms with Gasteiger partial charge in [0.15, 0.2) is 6.61 Å². The maximum absolute atomic E-state index is 12.2. The van der Waals surface area contributed by atoms with Gasteiger partial charge in [0.1, 0.15) is 5.69 Å². The van der Waals surface area contributed by atoms with E-state index in [1.54, 1.807) is 0 Å². The van der Waals surface area contributed by atoms with E-state index in [4.69, 9.17) is 4.74 Å². The minimum atomic E-state index is -0.877. The summed E-state index contributed by atoms with van der Waals surface area (Å²) in [6, 6.07) is 3.47. The number of anilines is 1. The van der Waals surface area contributed by atoms with Crippen LogP contribution in [-0.4, -0.2) is 49.1 Å². The molecule has 0 aliphatic carbocycles. The van der Waals surface area contributed by atoms with Crippen LogP contribution in [-0.2, 0) is 9.53 Å². The van der Waals surface area contributed by atoms with Crippen molar-refractivity contribution in [3.8, 4) is 0 Å². The number of imide groups is 1. The molecule has 0 radical (unpaired) electrons. The zero-order valence-electron chi connectivity index (χ0n) is 17.3. The predicted molar refractivity (Wildman–Crippen MR) is 110 cm³/mol. The van der Waals surface area contributed by atoms with Crippen LogP contribution in [0.5, 0.6) is 0 Å². The van der Waals surface area contributed by atoms with Gasteiger partial charge in [0.2, 0.25) is 0 Å². The van der Waals surface area contributed by atoms with Gasteiger partial charge in [-0.1, -0.05) is 20.3 Å². The summed E-state index contributed by atoms with van der Waals surface area (Å²) >= 11 is 0. The predicted octanol–water partition coefficient (Wildman–Crippen LogP) is 2.61. The Labute approximate surface area is 175 Å². The number of esters is 1. The smallest absolute Gasteiger partial charge is 0.338 e. The molecule has 0 aromatic heterocycles. The maximum atomic E-state index is 12.2. The van der Waals surface area contributed by atoms with E-state index in [1.807, 2.05) is 11.8 Å². The second-order valence-corrected chi connectivity index (χ2v) is 7.39. The molecule has 0 bridgehead atoms. The average molecular weight is 420 g/mol. The Morgan fingerprint density at radius 1 is 1.33 bits per heavy atom. The molecular weight excluding hydrogens is 392 g/mol. The van der Waals surface area contributed by atoms with Crippen molar-refractivity contribution in [2.45, 2.75) is 39.5 Å². The Morgan fingerprint density at radius 2 is 2.10 bits per heavy atom. The molecule has 3 amide bonds. The van der Waals surface area contributed by atoms with Crippen LogP contribution >= 0.6 is 0 Å². The van der Waals surface area contributed by atoms with Crippen LogP contribution < -0.4 is 15.5 Å². The minimum absolute atomic E-state index is 0.0318. The van der Waals surface area contributed by atoms with Crippen LogP contribution in [0, 0.1) is 16.0 Å². The number of urea groups is 1. The second-order valence-electron chi connectivity index (χ2n) is 7.39. The number of carbonyl (C=O) groups excluding carboxylic acids is 3. The molecule has 1 unspecified atom stereocenters. The van der Waals surface area contributed by atoms with Crippen molar-refractivity contribution in [1.29, 1.82) is 0 Å². The zero-order chi connectivity index (χ0) is 22.1. The summed E-state index contributed by atoms with van der Waals surface area (Å²) in [7, 11) is 0. The third kappa shape index (κ3) is 6.71. The molecule has 1 aromatic rings. The molecule has 30 heavy (non-hydrogen) atoms. The van der Waals surface area contributed by atoms with Crippen molar-refractivity contribution < 1.29 is 24.0 Å². The summed E-state index contributed by atoms with van der Waals surface area (Å²) in [6.45, 7) is 5.26. The van der Waals surface area contributed by atoms with E-state index in [0.717, 1.165) is 38.3 Å². The summed E-state index contributed by atoms with van der Waals surface area (Å²) in [6.07, 6.45) is 3.70. The number of nitrogens with one attached hydrogen (secondary N) is 2. The lowest BCUT2D eigenvalue weighted by Crippen LogP contribution is -2.41.